The number of carbonyl (C=O) groups is 1. The van der Waals surface area contributed by atoms with Gasteiger partial charge in [-0.1, -0.05) is 18.2 Å². The Balaban J connectivity index is 1.93. The van der Waals surface area contributed by atoms with Crippen molar-refractivity contribution in [3.8, 4) is 17.2 Å². The van der Waals surface area contributed by atoms with Gasteiger partial charge in [0.25, 0.3) is 5.56 Å². The molecule has 2 aromatic carbocycles. The Labute approximate surface area is 135 Å². The quantitative estimate of drug-likeness (QED) is 0.764. The monoisotopic (exact) mass is 324 g/mol. The van der Waals surface area contributed by atoms with Crippen molar-refractivity contribution in [1.82, 2.24) is 9.55 Å². The molecule has 7 nitrogen and oxygen atoms in total. The summed E-state index contributed by atoms with van der Waals surface area (Å²) in [5.74, 6) is -0.175. The number of rotatable bonds is 4. The highest BCUT2D eigenvalue weighted by atomic mass is 16.5. The van der Waals surface area contributed by atoms with Crippen LogP contribution in [0.2, 0.25) is 0 Å². The van der Waals surface area contributed by atoms with Gasteiger partial charge < -0.3 is 14.8 Å². The van der Waals surface area contributed by atoms with Gasteiger partial charge in [-0.3, -0.25) is 4.79 Å². The van der Waals surface area contributed by atoms with Crippen molar-refractivity contribution in [3.63, 3.8) is 0 Å². The molecule has 0 aliphatic carbocycles. The zero-order valence-corrected chi connectivity index (χ0v) is 12.3. The molecule has 0 aliphatic heterocycles. The molecule has 0 saturated heterocycles. The maximum absolute atomic E-state index is 12.0. The van der Waals surface area contributed by atoms with E-state index in [1.807, 2.05) is 18.2 Å². The van der Waals surface area contributed by atoms with Crippen molar-refractivity contribution in [2.24, 2.45) is 0 Å². The van der Waals surface area contributed by atoms with Crippen LogP contribution in [-0.2, 0) is 0 Å². The molecule has 0 aliphatic rings. The van der Waals surface area contributed by atoms with E-state index in [-0.39, 0.29) is 0 Å². The molecule has 3 aromatic rings. The Morgan fingerprint density at radius 1 is 0.958 bits per heavy atom. The van der Waals surface area contributed by atoms with Crippen molar-refractivity contribution in [1.29, 1.82) is 0 Å². The predicted molar refractivity (Wildman–Crippen MR) is 86.1 cm³/mol. The van der Waals surface area contributed by atoms with Crippen LogP contribution in [0, 0.1) is 0 Å². The molecule has 2 N–H and O–H groups in total. The first-order valence-corrected chi connectivity index (χ1v) is 6.97. The summed E-state index contributed by atoms with van der Waals surface area (Å²) in [6.07, 6.45) is 0. The van der Waals surface area contributed by atoms with E-state index in [2.05, 4.69) is 4.98 Å². The number of carboxylic acid groups (broad SMARTS) is 1. The Hall–Kier alpha value is -3.61. The van der Waals surface area contributed by atoms with E-state index in [1.54, 1.807) is 24.3 Å². The first-order valence-electron chi connectivity index (χ1n) is 6.97. The number of carboxylic acids is 1. The summed E-state index contributed by atoms with van der Waals surface area (Å²) in [4.78, 5) is 36.9. The Morgan fingerprint density at radius 2 is 1.58 bits per heavy atom. The number of hydrogen-bond donors (Lipinski definition) is 2. The molecule has 0 radical (unpaired) electrons. The minimum atomic E-state index is -1.37. The van der Waals surface area contributed by atoms with Crippen LogP contribution in [-0.4, -0.2) is 20.6 Å². The van der Waals surface area contributed by atoms with Crippen LogP contribution in [0.1, 0.15) is 10.5 Å². The van der Waals surface area contributed by atoms with Crippen LogP contribution in [0.15, 0.2) is 70.3 Å². The number of para-hydroxylation sites is 1. The highest BCUT2D eigenvalue weighted by molar-refractivity contribution is 5.84. The number of nitrogens with one attached hydrogen (secondary N) is 1. The van der Waals surface area contributed by atoms with E-state index in [4.69, 9.17) is 9.84 Å². The first kappa shape index (κ1) is 15.3. The zero-order chi connectivity index (χ0) is 17.1. The topological polar surface area (TPSA) is 101 Å². The third kappa shape index (κ3) is 3.09. The molecule has 120 valence electrons. The van der Waals surface area contributed by atoms with Crippen molar-refractivity contribution < 1.29 is 14.6 Å². The Kier molecular flexibility index (Phi) is 3.98. The van der Waals surface area contributed by atoms with Gasteiger partial charge in [-0.05, 0) is 36.4 Å². The van der Waals surface area contributed by atoms with Gasteiger partial charge in [0.05, 0.1) is 5.69 Å². The third-order valence-corrected chi connectivity index (χ3v) is 3.24. The molecule has 1 heterocycles. The average molecular weight is 324 g/mol. The number of aromatic nitrogens is 2. The number of nitrogens with zero attached hydrogens (tertiary/aromatic N) is 1. The van der Waals surface area contributed by atoms with Crippen molar-refractivity contribution in [3.05, 3.63) is 87.2 Å². The molecular weight excluding hydrogens is 312 g/mol. The van der Waals surface area contributed by atoms with Crippen LogP contribution in [0.25, 0.3) is 5.69 Å². The zero-order valence-electron chi connectivity index (χ0n) is 12.3. The van der Waals surface area contributed by atoms with Crippen LogP contribution in [0.5, 0.6) is 11.5 Å². The summed E-state index contributed by atoms with van der Waals surface area (Å²) in [6.45, 7) is 0. The Morgan fingerprint density at radius 3 is 2.17 bits per heavy atom. The number of benzene rings is 2. The molecule has 24 heavy (non-hydrogen) atoms. The first-order chi connectivity index (χ1) is 11.5. The summed E-state index contributed by atoms with van der Waals surface area (Å²) in [7, 11) is 0. The number of aromatic amines is 1. The summed E-state index contributed by atoms with van der Waals surface area (Å²) in [5.41, 5.74) is -1.70. The number of H-pyrrole nitrogens is 1. The van der Waals surface area contributed by atoms with Gasteiger partial charge in [0.1, 0.15) is 17.2 Å². The summed E-state index contributed by atoms with van der Waals surface area (Å²) >= 11 is 0. The molecule has 0 saturated carbocycles. The fraction of sp³-hybridized carbons (Fsp3) is 0. The van der Waals surface area contributed by atoms with Gasteiger partial charge in [-0.2, -0.15) is 0 Å². The average Bonchev–Trinajstić information content (AvgIpc) is 2.56. The summed E-state index contributed by atoms with van der Waals surface area (Å²) in [6, 6.07) is 16.3. The van der Waals surface area contributed by atoms with E-state index in [9.17, 15) is 14.4 Å². The van der Waals surface area contributed by atoms with Crippen LogP contribution in [0.3, 0.4) is 0 Å². The lowest BCUT2D eigenvalue weighted by Crippen LogP contribution is -2.34. The minimum Gasteiger partial charge on any atom is -0.477 e. The van der Waals surface area contributed by atoms with E-state index in [0.29, 0.717) is 17.2 Å². The standard InChI is InChI=1S/C17H12N2O5/c20-15-10-14(16(21)22)18-17(23)19(15)11-6-8-13(9-7-11)24-12-4-2-1-3-5-12/h1-10H,(H,18,23)(H,21,22). The highest BCUT2D eigenvalue weighted by Crippen LogP contribution is 2.21. The molecule has 0 amide bonds. The third-order valence-electron chi connectivity index (χ3n) is 3.24. The second-order valence-corrected chi connectivity index (χ2v) is 4.88. The lowest BCUT2D eigenvalue weighted by atomic mass is 10.3. The SMILES string of the molecule is O=C(O)c1cc(=O)n(-c2ccc(Oc3ccccc3)cc2)c(=O)[nH]1. The molecule has 1 aromatic heterocycles. The smallest absolute Gasteiger partial charge is 0.352 e. The number of hydrogen-bond acceptors (Lipinski definition) is 4. The maximum atomic E-state index is 12.0. The second-order valence-electron chi connectivity index (χ2n) is 4.88. The number of aromatic carboxylic acids is 1. The normalized spacial score (nSPS) is 10.3. The molecule has 0 fully saturated rings. The van der Waals surface area contributed by atoms with Crippen LogP contribution < -0.4 is 16.0 Å². The van der Waals surface area contributed by atoms with Gasteiger partial charge in [0, 0.05) is 6.07 Å². The maximum Gasteiger partial charge on any atom is 0.352 e. The van der Waals surface area contributed by atoms with Crippen molar-refractivity contribution >= 4 is 5.97 Å². The van der Waals surface area contributed by atoms with Crippen LogP contribution in [0.4, 0.5) is 0 Å². The van der Waals surface area contributed by atoms with Gasteiger partial charge in [-0.25, -0.2) is 14.2 Å². The number of ether oxygens (including phenoxy) is 1. The lowest BCUT2D eigenvalue weighted by molar-refractivity contribution is 0.0689. The molecule has 3 rings (SSSR count). The van der Waals surface area contributed by atoms with Crippen molar-refractivity contribution in [2.75, 3.05) is 0 Å². The van der Waals surface area contributed by atoms with E-state index >= 15 is 0 Å². The minimum absolute atomic E-state index is 0.304. The molecule has 0 unspecified atom stereocenters. The predicted octanol–water partition coefficient (Wildman–Crippen LogP) is 2.02. The molecule has 0 bridgehead atoms. The van der Waals surface area contributed by atoms with Gasteiger partial charge in [0.15, 0.2) is 0 Å². The van der Waals surface area contributed by atoms with Crippen molar-refractivity contribution in [2.45, 2.75) is 0 Å². The van der Waals surface area contributed by atoms with E-state index in [1.165, 1.54) is 12.1 Å². The molecule has 0 spiro atoms. The van der Waals surface area contributed by atoms with Gasteiger partial charge >= 0.3 is 11.7 Å². The van der Waals surface area contributed by atoms with Gasteiger partial charge in [0.2, 0.25) is 0 Å². The summed E-state index contributed by atoms with van der Waals surface area (Å²) in [5, 5.41) is 8.84. The molecular formula is C17H12N2O5. The fourth-order valence-corrected chi connectivity index (χ4v) is 2.14. The van der Waals surface area contributed by atoms with Crippen LogP contribution >= 0.6 is 0 Å². The fourth-order valence-electron chi connectivity index (χ4n) is 2.14. The largest absolute Gasteiger partial charge is 0.477 e. The highest BCUT2D eigenvalue weighted by Gasteiger charge is 2.11. The van der Waals surface area contributed by atoms with E-state index < -0.39 is 22.9 Å². The lowest BCUT2D eigenvalue weighted by Gasteiger charge is -2.08. The molecule has 7 heteroatoms. The molecule has 0 atom stereocenters. The second kappa shape index (κ2) is 6.25. The van der Waals surface area contributed by atoms with Gasteiger partial charge in [-0.15, -0.1) is 0 Å². The Bertz CT molecular complexity index is 957. The summed E-state index contributed by atoms with van der Waals surface area (Å²) < 4.78 is 6.48. The van der Waals surface area contributed by atoms with E-state index in [0.717, 1.165) is 10.6 Å².